The average molecular weight is 332 g/mol. The van der Waals surface area contributed by atoms with E-state index in [-0.39, 0.29) is 23.5 Å². The SMILES string of the molecule is O=C(NC1CCS(=O)(=O)CC1)c1ccccc1Br. The van der Waals surface area contributed by atoms with Crippen molar-refractivity contribution in [2.45, 2.75) is 18.9 Å². The van der Waals surface area contributed by atoms with Crippen LogP contribution in [0.15, 0.2) is 28.7 Å². The van der Waals surface area contributed by atoms with Gasteiger partial charge in [-0.15, -0.1) is 0 Å². The van der Waals surface area contributed by atoms with Gasteiger partial charge in [-0.25, -0.2) is 8.42 Å². The van der Waals surface area contributed by atoms with Crippen molar-refractivity contribution >= 4 is 31.7 Å². The minimum absolute atomic E-state index is 0.0480. The van der Waals surface area contributed by atoms with Crippen molar-refractivity contribution in [3.05, 3.63) is 34.3 Å². The van der Waals surface area contributed by atoms with Crippen molar-refractivity contribution in [2.75, 3.05) is 11.5 Å². The molecule has 1 aliphatic rings. The summed E-state index contributed by atoms with van der Waals surface area (Å²) >= 11 is 3.32. The Balaban J connectivity index is 1.99. The standard InChI is InChI=1S/C12H14BrNO3S/c13-11-4-2-1-3-10(11)12(15)14-9-5-7-18(16,17)8-6-9/h1-4,9H,5-8H2,(H,14,15). The highest BCUT2D eigenvalue weighted by atomic mass is 79.9. The van der Waals surface area contributed by atoms with Crippen molar-refractivity contribution in [1.82, 2.24) is 5.32 Å². The molecule has 1 amide bonds. The zero-order chi connectivity index (χ0) is 13.2. The summed E-state index contributed by atoms with van der Waals surface area (Å²) in [5.41, 5.74) is 0.575. The zero-order valence-corrected chi connectivity index (χ0v) is 12.1. The van der Waals surface area contributed by atoms with Crippen LogP contribution in [0, 0.1) is 0 Å². The van der Waals surface area contributed by atoms with Gasteiger partial charge in [0.15, 0.2) is 0 Å². The van der Waals surface area contributed by atoms with Gasteiger partial charge in [0.25, 0.3) is 5.91 Å². The topological polar surface area (TPSA) is 63.2 Å². The third-order valence-electron chi connectivity index (χ3n) is 3.01. The van der Waals surface area contributed by atoms with Crippen LogP contribution < -0.4 is 5.32 Å². The molecule has 4 nitrogen and oxygen atoms in total. The summed E-state index contributed by atoms with van der Waals surface area (Å²) in [7, 11) is -2.88. The van der Waals surface area contributed by atoms with Gasteiger partial charge in [0, 0.05) is 10.5 Å². The molecule has 1 aromatic rings. The molecular formula is C12H14BrNO3S. The van der Waals surface area contributed by atoms with Gasteiger partial charge in [0.1, 0.15) is 9.84 Å². The van der Waals surface area contributed by atoms with Gasteiger partial charge in [-0.1, -0.05) is 12.1 Å². The quantitative estimate of drug-likeness (QED) is 0.898. The number of carbonyl (C=O) groups is 1. The summed E-state index contributed by atoms with van der Waals surface area (Å²) in [5.74, 6) is 0.161. The molecule has 18 heavy (non-hydrogen) atoms. The van der Waals surface area contributed by atoms with Gasteiger partial charge in [-0.05, 0) is 40.9 Å². The van der Waals surface area contributed by atoms with Crippen molar-refractivity contribution in [2.24, 2.45) is 0 Å². The lowest BCUT2D eigenvalue weighted by atomic mass is 10.1. The maximum absolute atomic E-state index is 12.0. The van der Waals surface area contributed by atoms with Gasteiger partial charge < -0.3 is 5.32 Å². The van der Waals surface area contributed by atoms with Crippen LogP contribution >= 0.6 is 15.9 Å². The highest BCUT2D eigenvalue weighted by Crippen LogP contribution is 2.17. The molecule has 0 bridgehead atoms. The zero-order valence-electron chi connectivity index (χ0n) is 9.73. The third kappa shape index (κ3) is 3.32. The number of hydrogen-bond donors (Lipinski definition) is 1. The highest BCUT2D eigenvalue weighted by molar-refractivity contribution is 9.10. The summed E-state index contributed by atoms with van der Waals surface area (Å²) in [6.07, 6.45) is 0.997. The molecule has 1 N–H and O–H groups in total. The molecule has 0 unspecified atom stereocenters. The summed E-state index contributed by atoms with van der Waals surface area (Å²) in [6, 6.07) is 7.13. The van der Waals surface area contributed by atoms with E-state index in [9.17, 15) is 13.2 Å². The molecule has 0 atom stereocenters. The van der Waals surface area contributed by atoms with Crippen LogP contribution in [0.2, 0.25) is 0 Å². The molecule has 0 aliphatic carbocycles. The Kier molecular flexibility index (Phi) is 4.07. The Hall–Kier alpha value is -0.880. The second kappa shape index (κ2) is 5.40. The van der Waals surface area contributed by atoms with Crippen LogP contribution in [0.1, 0.15) is 23.2 Å². The average Bonchev–Trinajstić information content (AvgIpc) is 2.32. The van der Waals surface area contributed by atoms with E-state index in [2.05, 4.69) is 21.2 Å². The molecule has 98 valence electrons. The Morgan fingerprint density at radius 1 is 1.22 bits per heavy atom. The van der Waals surface area contributed by atoms with Gasteiger partial charge in [0.2, 0.25) is 0 Å². The van der Waals surface area contributed by atoms with E-state index in [4.69, 9.17) is 0 Å². The Labute approximate surface area is 115 Å². The number of rotatable bonds is 2. The molecule has 0 spiro atoms. The van der Waals surface area contributed by atoms with E-state index in [0.29, 0.717) is 18.4 Å². The summed E-state index contributed by atoms with van der Waals surface area (Å²) in [6.45, 7) is 0. The van der Waals surface area contributed by atoms with Gasteiger partial charge in [-0.2, -0.15) is 0 Å². The molecule has 6 heteroatoms. The fourth-order valence-corrected chi connectivity index (χ4v) is 3.90. The normalized spacial score (nSPS) is 19.4. The molecule has 1 aliphatic heterocycles. The Bertz CT molecular complexity index is 542. The maximum Gasteiger partial charge on any atom is 0.252 e. The molecule has 2 rings (SSSR count). The van der Waals surface area contributed by atoms with Gasteiger partial charge in [-0.3, -0.25) is 4.79 Å². The van der Waals surface area contributed by atoms with Crippen LogP contribution in [-0.4, -0.2) is 31.9 Å². The minimum atomic E-state index is -2.88. The predicted molar refractivity (Wildman–Crippen MR) is 73.3 cm³/mol. The first-order valence-corrected chi connectivity index (χ1v) is 8.35. The monoisotopic (exact) mass is 331 g/mol. The molecule has 0 aromatic heterocycles. The minimum Gasteiger partial charge on any atom is -0.349 e. The first-order chi connectivity index (χ1) is 8.48. The number of hydrogen-bond acceptors (Lipinski definition) is 3. The number of sulfone groups is 1. The lowest BCUT2D eigenvalue weighted by Crippen LogP contribution is -2.40. The second-order valence-electron chi connectivity index (χ2n) is 4.38. The van der Waals surface area contributed by atoms with Crippen LogP contribution in [-0.2, 0) is 9.84 Å². The van der Waals surface area contributed by atoms with Crippen LogP contribution in [0.5, 0.6) is 0 Å². The largest absolute Gasteiger partial charge is 0.349 e. The van der Waals surface area contributed by atoms with Crippen molar-refractivity contribution in [3.63, 3.8) is 0 Å². The molecule has 1 heterocycles. The molecule has 0 saturated carbocycles. The highest BCUT2D eigenvalue weighted by Gasteiger charge is 2.25. The molecule has 1 aromatic carbocycles. The van der Waals surface area contributed by atoms with Gasteiger partial charge >= 0.3 is 0 Å². The van der Waals surface area contributed by atoms with E-state index < -0.39 is 9.84 Å². The van der Waals surface area contributed by atoms with Crippen molar-refractivity contribution < 1.29 is 13.2 Å². The summed E-state index contributed by atoms with van der Waals surface area (Å²) < 4.78 is 23.3. The lowest BCUT2D eigenvalue weighted by molar-refractivity contribution is 0.0933. The maximum atomic E-state index is 12.0. The third-order valence-corrected chi connectivity index (χ3v) is 5.42. The van der Waals surface area contributed by atoms with E-state index >= 15 is 0 Å². The predicted octanol–water partition coefficient (Wildman–Crippen LogP) is 1.76. The number of benzene rings is 1. The molecule has 0 radical (unpaired) electrons. The number of amides is 1. The fraction of sp³-hybridized carbons (Fsp3) is 0.417. The molecule has 1 saturated heterocycles. The Morgan fingerprint density at radius 2 is 1.83 bits per heavy atom. The lowest BCUT2D eigenvalue weighted by Gasteiger charge is -2.23. The summed E-state index contributed by atoms with van der Waals surface area (Å²) in [4.78, 5) is 12.0. The van der Waals surface area contributed by atoms with E-state index in [1.54, 1.807) is 18.2 Å². The van der Waals surface area contributed by atoms with Crippen LogP contribution in [0.3, 0.4) is 0 Å². The molecular weight excluding hydrogens is 318 g/mol. The summed E-state index contributed by atoms with van der Waals surface area (Å²) in [5, 5.41) is 2.88. The fourth-order valence-electron chi connectivity index (χ4n) is 1.94. The number of carbonyl (C=O) groups excluding carboxylic acids is 1. The second-order valence-corrected chi connectivity index (χ2v) is 7.54. The van der Waals surface area contributed by atoms with Crippen LogP contribution in [0.25, 0.3) is 0 Å². The molecule has 1 fully saturated rings. The van der Waals surface area contributed by atoms with Crippen molar-refractivity contribution in [3.8, 4) is 0 Å². The smallest absolute Gasteiger partial charge is 0.252 e. The van der Waals surface area contributed by atoms with E-state index in [1.807, 2.05) is 6.07 Å². The number of halogens is 1. The van der Waals surface area contributed by atoms with Crippen LogP contribution in [0.4, 0.5) is 0 Å². The first-order valence-electron chi connectivity index (χ1n) is 5.74. The number of nitrogens with one attached hydrogen (secondary N) is 1. The van der Waals surface area contributed by atoms with Crippen molar-refractivity contribution in [1.29, 1.82) is 0 Å². The first kappa shape index (κ1) is 13.5. The van der Waals surface area contributed by atoms with E-state index in [1.165, 1.54) is 0 Å². The van der Waals surface area contributed by atoms with Gasteiger partial charge in [0.05, 0.1) is 17.1 Å². The Morgan fingerprint density at radius 3 is 2.44 bits per heavy atom. The van der Waals surface area contributed by atoms with E-state index in [0.717, 1.165) is 4.47 Å².